The molecule has 1 heterocycles. The van der Waals surface area contributed by atoms with E-state index in [9.17, 15) is 4.79 Å². The van der Waals surface area contributed by atoms with Crippen molar-refractivity contribution in [3.8, 4) is 5.75 Å². The Kier molecular flexibility index (Phi) is 4.14. The molecular weight excluding hydrogens is 300 g/mol. The van der Waals surface area contributed by atoms with E-state index in [4.69, 9.17) is 15.5 Å². The zero-order valence-electron chi connectivity index (χ0n) is 14.3. The first-order valence-corrected chi connectivity index (χ1v) is 8.03. The average molecular weight is 322 g/mol. The minimum atomic E-state index is -0.210. The van der Waals surface area contributed by atoms with Crippen LogP contribution in [0.4, 0.5) is 5.69 Å². The van der Waals surface area contributed by atoms with Crippen molar-refractivity contribution in [1.29, 1.82) is 0 Å². The van der Waals surface area contributed by atoms with Crippen LogP contribution in [0.5, 0.6) is 5.75 Å². The number of fused-ring (bicyclic) bond motifs is 1. The summed E-state index contributed by atoms with van der Waals surface area (Å²) >= 11 is 0. The van der Waals surface area contributed by atoms with Gasteiger partial charge < -0.3 is 10.5 Å². The SMILES string of the molecule is COc1ccc2c(c1)C(CC(=O)c1ccc(N)cc1)=NC(C)(C)C2. The number of hydrogen-bond acceptors (Lipinski definition) is 4. The number of carbonyl (C=O) groups is 1. The third-order valence-electron chi connectivity index (χ3n) is 4.25. The molecule has 0 unspecified atom stereocenters. The zero-order chi connectivity index (χ0) is 17.3. The maximum Gasteiger partial charge on any atom is 0.168 e. The maximum absolute atomic E-state index is 12.6. The fourth-order valence-electron chi connectivity index (χ4n) is 3.09. The molecule has 1 aliphatic heterocycles. The van der Waals surface area contributed by atoms with Gasteiger partial charge in [0.05, 0.1) is 24.8 Å². The van der Waals surface area contributed by atoms with E-state index in [0.717, 1.165) is 23.4 Å². The molecule has 2 N–H and O–H groups in total. The normalized spacial score (nSPS) is 15.4. The van der Waals surface area contributed by atoms with Gasteiger partial charge in [-0.1, -0.05) is 6.07 Å². The van der Waals surface area contributed by atoms with Gasteiger partial charge in [-0.2, -0.15) is 0 Å². The summed E-state index contributed by atoms with van der Waals surface area (Å²) in [5, 5.41) is 0. The number of anilines is 1. The first kappa shape index (κ1) is 16.2. The van der Waals surface area contributed by atoms with Crippen LogP contribution in [0.3, 0.4) is 0 Å². The molecule has 0 amide bonds. The number of ketones is 1. The molecule has 24 heavy (non-hydrogen) atoms. The number of methoxy groups -OCH3 is 1. The molecule has 0 aromatic heterocycles. The van der Waals surface area contributed by atoms with E-state index >= 15 is 0 Å². The van der Waals surface area contributed by atoms with Crippen LogP contribution in [0.1, 0.15) is 41.8 Å². The topological polar surface area (TPSA) is 64.7 Å². The van der Waals surface area contributed by atoms with Gasteiger partial charge in [-0.15, -0.1) is 0 Å². The van der Waals surface area contributed by atoms with E-state index in [-0.39, 0.29) is 17.7 Å². The monoisotopic (exact) mass is 322 g/mol. The third kappa shape index (κ3) is 3.32. The second kappa shape index (κ2) is 6.11. The van der Waals surface area contributed by atoms with Gasteiger partial charge in [0.25, 0.3) is 0 Å². The molecular formula is C20H22N2O2. The number of Topliss-reactive ketones (excluding diaryl/α,β-unsaturated/α-hetero) is 1. The Morgan fingerprint density at radius 1 is 1.21 bits per heavy atom. The summed E-state index contributed by atoms with van der Waals surface area (Å²) in [7, 11) is 1.64. The summed E-state index contributed by atoms with van der Waals surface area (Å²) in [5.74, 6) is 0.821. The average Bonchev–Trinajstić information content (AvgIpc) is 2.54. The van der Waals surface area contributed by atoms with Crippen molar-refractivity contribution in [2.24, 2.45) is 4.99 Å². The van der Waals surface area contributed by atoms with Crippen LogP contribution in [0, 0.1) is 0 Å². The van der Waals surface area contributed by atoms with Crippen LogP contribution in [0.25, 0.3) is 0 Å². The smallest absolute Gasteiger partial charge is 0.168 e. The van der Waals surface area contributed by atoms with Crippen LogP contribution < -0.4 is 10.5 Å². The molecule has 124 valence electrons. The Labute approximate surface area is 142 Å². The van der Waals surface area contributed by atoms with Crippen LogP contribution in [-0.4, -0.2) is 24.1 Å². The summed E-state index contributed by atoms with van der Waals surface area (Å²) in [6, 6.07) is 13.0. The van der Waals surface area contributed by atoms with E-state index in [0.29, 0.717) is 11.3 Å². The van der Waals surface area contributed by atoms with Gasteiger partial charge in [-0.25, -0.2) is 0 Å². The van der Waals surface area contributed by atoms with Gasteiger partial charge in [0.15, 0.2) is 5.78 Å². The van der Waals surface area contributed by atoms with E-state index in [2.05, 4.69) is 19.9 Å². The molecule has 0 aliphatic carbocycles. The Morgan fingerprint density at radius 3 is 2.58 bits per heavy atom. The largest absolute Gasteiger partial charge is 0.497 e. The second-order valence-electron chi connectivity index (χ2n) is 6.79. The van der Waals surface area contributed by atoms with Crippen LogP contribution >= 0.6 is 0 Å². The molecule has 0 fully saturated rings. The molecule has 0 radical (unpaired) electrons. The van der Waals surface area contributed by atoms with Crippen molar-refractivity contribution in [2.45, 2.75) is 32.2 Å². The van der Waals surface area contributed by atoms with Crippen molar-refractivity contribution in [3.05, 3.63) is 59.2 Å². The minimum Gasteiger partial charge on any atom is -0.497 e. The van der Waals surface area contributed by atoms with Crippen LogP contribution in [-0.2, 0) is 6.42 Å². The van der Waals surface area contributed by atoms with Crippen molar-refractivity contribution in [3.63, 3.8) is 0 Å². The number of benzene rings is 2. The highest BCUT2D eigenvalue weighted by Crippen LogP contribution is 2.31. The number of nitrogen functional groups attached to an aromatic ring is 1. The quantitative estimate of drug-likeness (QED) is 0.690. The summed E-state index contributed by atoms with van der Waals surface area (Å²) in [4.78, 5) is 17.5. The van der Waals surface area contributed by atoms with Crippen LogP contribution in [0.15, 0.2) is 47.5 Å². The summed E-state index contributed by atoms with van der Waals surface area (Å²) in [6.07, 6.45) is 1.12. The lowest BCUT2D eigenvalue weighted by molar-refractivity contribution is 0.100. The number of hydrogen-bond donors (Lipinski definition) is 1. The number of aliphatic imine (C=N–C) groups is 1. The third-order valence-corrected chi connectivity index (χ3v) is 4.25. The first-order valence-electron chi connectivity index (χ1n) is 8.03. The predicted molar refractivity (Wildman–Crippen MR) is 97.1 cm³/mol. The lowest BCUT2D eigenvalue weighted by atomic mass is 9.85. The van der Waals surface area contributed by atoms with Gasteiger partial charge in [-0.05, 0) is 62.2 Å². The fourth-order valence-corrected chi connectivity index (χ4v) is 3.09. The lowest BCUT2D eigenvalue weighted by Gasteiger charge is -2.29. The molecule has 0 saturated heterocycles. The standard InChI is InChI=1S/C20H22N2O2/c1-20(2)12-14-6-9-16(24-3)10-17(14)18(22-20)11-19(23)13-4-7-15(21)8-5-13/h4-10H,11-12,21H2,1-3H3. The molecule has 0 spiro atoms. The van der Waals surface area contributed by atoms with Gasteiger partial charge in [0.2, 0.25) is 0 Å². The molecule has 0 bridgehead atoms. The van der Waals surface area contributed by atoms with Gasteiger partial charge >= 0.3 is 0 Å². The molecule has 4 nitrogen and oxygen atoms in total. The second-order valence-corrected chi connectivity index (χ2v) is 6.79. The van der Waals surface area contributed by atoms with E-state index in [1.54, 1.807) is 31.4 Å². The summed E-state index contributed by atoms with van der Waals surface area (Å²) in [5.41, 5.74) is 9.82. The Hall–Kier alpha value is -2.62. The Balaban J connectivity index is 1.95. The van der Waals surface area contributed by atoms with Gasteiger partial charge in [0.1, 0.15) is 5.75 Å². The molecule has 2 aromatic carbocycles. The summed E-state index contributed by atoms with van der Waals surface area (Å²) in [6.45, 7) is 4.18. The van der Waals surface area contributed by atoms with Crippen molar-refractivity contribution >= 4 is 17.2 Å². The molecule has 2 aromatic rings. The van der Waals surface area contributed by atoms with Crippen molar-refractivity contribution in [1.82, 2.24) is 0 Å². The molecule has 1 aliphatic rings. The first-order chi connectivity index (χ1) is 11.4. The van der Waals surface area contributed by atoms with Crippen LogP contribution in [0.2, 0.25) is 0 Å². The molecule has 0 saturated carbocycles. The van der Waals surface area contributed by atoms with E-state index in [1.165, 1.54) is 5.56 Å². The fraction of sp³-hybridized carbons (Fsp3) is 0.300. The lowest BCUT2D eigenvalue weighted by Crippen LogP contribution is -2.30. The maximum atomic E-state index is 12.6. The van der Waals surface area contributed by atoms with Crippen molar-refractivity contribution in [2.75, 3.05) is 12.8 Å². The number of ether oxygens (including phenoxy) is 1. The highest BCUT2D eigenvalue weighted by molar-refractivity contribution is 6.17. The number of nitrogens with zero attached hydrogens (tertiary/aromatic N) is 1. The highest BCUT2D eigenvalue weighted by Gasteiger charge is 2.28. The highest BCUT2D eigenvalue weighted by atomic mass is 16.5. The molecule has 4 heteroatoms. The van der Waals surface area contributed by atoms with E-state index in [1.807, 2.05) is 12.1 Å². The number of carbonyl (C=O) groups excluding carboxylic acids is 1. The van der Waals surface area contributed by atoms with Crippen molar-refractivity contribution < 1.29 is 9.53 Å². The number of nitrogens with two attached hydrogens (primary N) is 1. The zero-order valence-corrected chi connectivity index (χ0v) is 14.3. The molecule has 0 atom stereocenters. The Morgan fingerprint density at radius 2 is 1.92 bits per heavy atom. The number of rotatable bonds is 4. The summed E-state index contributed by atoms with van der Waals surface area (Å²) < 4.78 is 5.33. The minimum absolute atomic E-state index is 0.0419. The Bertz CT molecular complexity index is 805. The van der Waals surface area contributed by atoms with Gasteiger partial charge in [-0.3, -0.25) is 9.79 Å². The predicted octanol–water partition coefficient (Wildman–Crippen LogP) is 3.67. The van der Waals surface area contributed by atoms with Gasteiger partial charge in [0, 0.05) is 16.8 Å². The molecule has 3 rings (SSSR count). The van der Waals surface area contributed by atoms with E-state index < -0.39 is 0 Å².